The molecule has 0 aliphatic rings. The lowest BCUT2D eigenvalue weighted by molar-refractivity contribution is 0.455. The van der Waals surface area contributed by atoms with Gasteiger partial charge in [0.1, 0.15) is 5.82 Å². The first-order chi connectivity index (χ1) is 6.13. The van der Waals surface area contributed by atoms with E-state index in [0.29, 0.717) is 12.5 Å². The van der Waals surface area contributed by atoms with Gasteiger partial charge in [-0.1, -0.05) is 20.3 Å². The maximum atomic E-state index is 11.3. The normalized spacial score (nSPS) is 12.8. The number of rotatable bonds is 3. The molecule has 0 aliphatic carbocycles. The average molecular weight is 181 g/mol. The predicted molar refractivity (Wildman–Crippen MR) is 52.4 cm³/mol. The van der Waals surface area contributed by atoms with Crippen LogP contribution in [0.3, 0.4) is 0 Å². The fraction of sp³-hybridized carbons (Fsp3) is 0.556. The van der Waals surface area contributed by atoms with Crippen LogP contribution in [0.2, 0.25) is 0 Å². The minimum absolute atomic E-state index is 0.264. The fourth-order valence-corrected chi connectivity index (χ4v) is 1.05. The molecule has 1 heterocycles. The number of hydrogen-bond donors (Lipinski definition) is 1. The van der Waals surface area contributed by atoms with Crippen LogP contribution in [0.1, 0.15) is 20.3 Å². The Morgan fingerprint density at radius 1 is 1.69 bits per heavy atom. The van der Waals surface area contributed by atoms with Crippen molar-refractivity contribution in [3.8, 4) is 0 Å². The van der Waals surface area contributed by atoms with Crippen molar-refractivity contribution in [1.82, 2.24) is 9.55 Å². The van der Waals surface area contributed by atoms with Crippen LogP contribution < -0.4 is 11.4 Å². The zero-order chi connectivity index (χ0) is 9.84. The monoisotopic (exact) mass is 181 g/mol. The highest BCUT2D eigenvalue weighted by Crippen LogP contribution is 2.02. The second kappa shape index (κ2) is 4.07. The molecule has 1 aromatic rings. The minimum Gasteiger partial charge on any atom is -0.383 e. The summed E-state index contributed by atoms with van der Waals surface area (Å²) in [7, 11) is 0. The van der Waals surface area contributed by atoms with E-state index >= 15 is 0 Å². The Labute approximate surface area is 77.4 Å². The van der Waals surface area contributed by atoms with Crippen molar-refractivity contribution in [2.24, 2.45) is 5.92 Å². The third-order valence-electron chi connectivity index (χ3n) is 2.10. The SMILES string of the molecule is CC[C@@H](C)Cn1ccc(N)nc1=O. The number of aromatic nitrogens is 2. The van der Waals surface area contributed by atoms with Crippen LogP contribution in [0.15, 0.2) is 17.1 Å². The lowest BCUT2D eigenvalue weighted by atomic mass is 10.1. The van der Waals surface area contributed by atoms with E-state index in [2.05, 4.69) is 18.8 Å². The molecule has 1 rings (SSSR count). The summed E-state index contributed by atoms with van der Waals surface area (Å²) in [5.74, 6) is 0.772. The molecule has 0 bridgehead atoms. The molecule has 2 N–H and O–H groups in total. The van der Waals surface area contributed by atoms with Crippen molar-refractivity contribution in [2.45, 2.75) is 26.8 Å². The van der Waals surface area contributed by atoms with Crippen molar-refractivity contribution in [3.05, 3.63) is 22.7 Å². The molecule has 13 heavy (non-hydrogen) atoms. The Morgan fingerprint density at radius 2 is 2.38 bits per heavy atom. The Kier molecular flexibility index (Phi) is 3.06. The molecule has 0 saturated carbocycles. The van der Waals surface area contributed by atoms with Gasteiger partial charge in [0, 0.05) is 12.7 Å². The molecule has 0 aliphatic heterocycles. The number of nitrogen functional groups attached to an aromatic ring is 1. The number of hydrogen-bond acceptors (Lipinski definition) is 3. The first-order valence-electron chi connectivity index (χ1n) is 4.46. The lowest BCUT2D eigenvalue weighted by Crippen LogP contribution is -2.25. The van der Waals surface area contributed by atoms with E-state index < -0.39 is 0 Å². The summed E-state index contributed by atoms with van der Waals surface area (Å²) in [5.41, 5.74) is 5.10. The smallest absolute Gasteiger partial charge is 0.349 e. The van der Waals surface area contributed by atoms with Gasteiger partial charge in [-0.05, 0) is 12.0 Å². The summed E-state index contributed by atoms with van der Waals surface area (Å²) >= 11 is 0. The molecule has 0 unspecified atom stereocenters. The maximum Gasteiger partial charge on any atom is 0.349 e. The molecular weight excluding hydrogens is 166 g/mol. The van der Waals surface area contributed by atoms with Crippen molar-refractivity contribution in [2.75, 3.05) is 5.73 Å². The Balaban J connectivity index is 2.84. The quantitative estimate of drug-likeness (QED) is 0.752. The zero-order valence-electron chi connectivity index (χ0n) is 8.03. The third kappa shape index (κ3) is 2.57. The van der Waals surface area contributed by atoms with E-state index in [1.54, 1.807) is 16.8 Å². The van der Waals surface area contributed by atoms with Gasteiger partial charge in [-0.15, -0.1) is 0 Å². The van der Waals surface area contributed by atoms with E-state index in [4.69, 9.17) is 5.73 Å². The number of nitrogens with two attached hydrogens (primary N) is 1. The Morgan fingerprint density at radius 3 is 2.92 bits per heavy atom. The molecule has 0 saturated heterocycles. The van der Waals surface area contributed by atoms with Gasteiger partial charge in [0.15, 0.2) is 0 Å². The standard InChI is InChI=1S/C9H15N3O/c1-3-7(2)6-12-5-4-8(10)11-9(12)13/h4-5,7H,3,6H2,1-2H3,(H2,10,11,13)/t7-/m1/s1. The van der Waals surface area contributed by atoms with E-state index in [1.165, 1.54) is 0 Å². The van der Waals surface area contributed by atoms with Gasteiger partial charge < -0.3 is 5.73 Å². The van der Waals surface area contributed by atoms with Crippen molar-refractivity contribution in [1.29, 1.82) is 0 Å². The van der Waals surface area contributed by atoms with Crippen LogP contribution in [0, 0.1) is 5.92 Å². The first-order valence-corrected chi connectivity index (χ1v) is 4.46. The zero-order valence-corrected chi connectivity index (χ0v) is 8.03. The second-order valence-electron chi connectivity index (χ2n) is 3.30. The van der Waals surface area contributed by atoms with Crippen molar-refractivity contribution in [3.63, 3.8) is 0 Å². The number of anilines is 1. The molecule has 4 heteroatoms. The Bertz CT molecular complexity index is 332. The third-order valence-corrected chi connectivity index (χ3v) is 2.10. The van der Waals surface area contributed by atoms with Crippen LogP contribution in [-0.4, -0.2) is 9.55 Å². The summed E-state index contributed by atoms with van der Waals surface area (Å²) in [6, 6.07) is 1.64. The van der Waals surface area contributed by atoms with Crippen molar-refractivity contribution >= 4 is 5.82 Å². The maximum absolute atomic E-state index is 11.3. The summed E-state index contributed by atoms with van der Waals surface area (Å²) < 4.78 is 1.59. The molecule has 1 atom stereocenters. The van der Waals surface area contributed by atoms with Crippen LogP contribution in [0.5, 0.6) is 0 Å². The molecule has 0 radical (unpaired) electrons. The molecule has 0 fully saturated rings. The van der Waals surface area contributed by atoms with E-state index in [1.807, 2.05) is 0 Å². The van der Waals surface area contributed by atoms with Gasteiger partial charge >= 0.3 is 5.69 Å². The van der Waals surface area contributed by atoms with E-state index in [9.17, 15) is 4.79 Å². The fourth-order valence-electron chi connectivity index (χ4n) is 1.05. The first kappa shape index (κ1) is 9.77. The summed E-state index contributed by atoms with van der Waals surface area (Å²) in [5, 5.41) is 0. The number of nitrogens with zero attached hydrogens (tertiary/aromatic N) is 2. The van der Waals surface area contributed by atoms with Crippen LogP contribution in [-0.2, 0) is 6.54 Å². The minimum atomic E-state index is -0.264. The van der Waals surface area contributed by atoms with Gasteiger partial charge in [-0.25, -0.2) is 4.79 Å². The van der Waals surface area contributed by atoms with E-state index in [-0.39, 0.29) is 11.5 Å². The molecule has 0 amide bonds. The molecule has 0 spiro atoms. The highest BCUT2D eigenvalue weighted by molar-refractivity contribution is 5.23. The topological polar surface area (TPSA) is 60.9 Å². The molecule has 0 aromatic carbocycles. The largest absolute Gasteiger partial charge is 0.383 e. The average Bonchev–Trinajstić information content (AvgIpc) is 2.09. The van der Waals surface area contributed by atoms with Gasteiger partial charge in [-0.3, -0.25) is 4.57 Å². The highest BCUT2D eigenvalue weighted by Gasteiger charge is 2.02. The summed E-state index contributed by atoms with van der Waals surface area (Å²) in [4.78, 5) is 14.9. The lowest BCUT2D eigenvalue weighted by Gasteiger charge is -2.09. The van der Waals surface area contributed by atoms with Crippen LogP contribution >= 0.6 is 0 Å². The molecule has 72 valence electrons. The molecule has 4 nitrogen and oxygen atoms in total. The Hall–Kier alpha value is -1.32. The predicted octanol–water partition coefficient (Wildman–Crippen LogP) is 0.872. The van der Waals surface area contributed by atoms with Gasteiger partial charge in [0.25, 0.3) is 0 Å². The van der Waals surface area contributed by atoms with Gasteiger partial charge in [0.2, 0.25) is 0 Å². The van der Waals surface area contributed by atoms with Gasteiger partial charge in [0.05, 0.1) is 0 Å². The second-order valence-corrected chi connectivity index (χ2v) is 3.30. The van der Waals surface area contributed by atoms with Gasteiger partial charge in [-0.2, -0.15) is 4.98 Å². The van der Waals surface area contributed by atoms with Crippen LogP contribution in [0.4, 0.5) is 5.82 Å². The highest BCUT2D eigenvalue weighted by atomic mass is 16.1. The summed E-state index contributed by atoms with van der Waals surface area (Å²) in [6.07, 6.45) is 2.74. The molecular formula is C9H15N3O. The van der Waals surface area contributed by atoms with Crippen molar-refractivity contribution < 1.29 is 0 Å². The van der Waals surface area contributed by atoms with Crippen LogP contribution in [0.25, 0.3) is 0 Å². The molecule has 1 aromatic heterocycles. The summed E-state index contributed by atoms with van der Waals surface area (Å²) in [6.45, 7) is 4.91. The van der Waals surface area contributed by atoms with E-state index in [0.717, 1.165) is 6.42 Å².